The Kier molecular flexibility index (Phi) is 6.09. The van der Waals surface area contributed by atoms with Gasteiger partial charge in [0.2, 0.25) is 5.91 Å². The lowest BCUT2D eigenvalue weighted by Crippen LogP contribution is -2.51. The van der Waals surface area contributed by atoms with Gasteiger partial charge in [0.25, 0.3) is 5.91 Å². The molecule has 0 spiro atoms. The fourth-order valence-electron chi connectivity index (χ4n) is 1.56. The molecular formula is C10H13Cl2N3O2. The first-order valence-electron chi connectivity index (χ1n) is 4.72. The highest BCUT2D eigenvalue weighted by atomic mass is 35.5. The molecule has 1 aromatic rings. The van der Waals surface area contributed by atoms with Crippen LogP contribution in [0, 0.1) is 0 Å². The summed E-state index contributed by atoms with van der Waals surface area (Å²) in [5.74, 6) is -0.561. The molecule has 1 aliphatic rings. The van der Waals surface area contributed by atoms with Crippen molar-refractivity contribution in [3.8, 4) is 0 Å². The fraction of sp³-hybridized carbons (Fsp3) is 0.300. The fourth-order valence-corrected chi connectivity index (χ4v) is 1.56. The van der Waals surface area contributed by atoms with E-state index in [-0.39, 0.29) is 36.6 Å². The maximum atomic E-state index is 11.7. The van der Waals surface area contributed by atoms with Gasteiger partial charge in [0.1, 0.15) is 0 Å². The van der Waals surface area contributed by atoms with Crippen LogP contribution in [0.1, 0.15) is 12.8 Å². The number of carbonyl (C=O) groups excluding carboxylic acids is 2. The molecule has 2 rings (SSSR count). The Labute approximate surface area is 111 Å². The second-order valence-electron chi connectivity index (χ2n) is 3.42. The molecule has 94 valence electrons. The molecule has 7 heteroatoms. The molecule has 1 unspecified atom stereocenters. The molecule has 1 fully saturated rings. The molecule has 2 heterocycles. The molecule has 0 saturated carbocycles. The van der Waals surface area contributed by atoms with E-state index in [9.17, 15) is 9.59 Å². The minimum atomic E-state index is -0.581. The van der Waals surface area contributed by atoms with Crippen LogP contribution in [0.3, 0.4) is 0 Å². The van der Waals surface area contributed by atoms with Crippen LogP contribution in [-0.2, 0) is 9.59 Å². The molecule has 1 atom stereocenters. The zero-order chi connectivity index (χ0) is 10.8. The highest BCUT2D eigenvalue weighted by Crippen LogP contribution is 2.19. The van der Waals surface area contributed by atoms with E-state index in [4.69, 9.17) is 5.73 Å². The van der Waals surface area contributed by atoms with Crippen molar-refractivity contribution in [3.63, 3.8) is 0 Å². The van der Waals surface area contributed by atoms with E-state index < -0.39 is 6.04 Å². The molecule has 0 aliphatic carbocycles. The first-order chi connectivity index (χ1) is 7.20. The SMILES string of the molecule is Cl.Cl.NC1CCC(=O)N(c2cccnc2)C1=O. The van der Waals surface area contributed by atoms with Crippen LogP contribution in [0.25, 0.3) is 0 Å². The highest BCUT2D eigenvalue weighted by molar-refractivity contribution is 6.18. The highest BCUT2D eigenvalue weighted by Gasteiger charge is 2.33. The third-order valence-corrected chi connectivity index (χ3v) is 2.36. The van der Waals surface area contributed by atoms with Crippen molar-refractivity contribution in [3.05, 3.63) is 24.5 Å². The van der Waals surface area contributed by atoms with Crippen molar-refractivity contribution in [1.82, 2.24) is 4.98 Å². The van der Waals surface area contributed by atoms with Gasteiger partial charge in [0.15, 0.2) is 0 Å². The summed E-state index contributed by atoms with van der Waals surface area (Å²) in [6.07, 6.45) is 3.80. The molecule has 17 heavy (non-hydrogen) atoms. The summed E-state index contributed by atoms with van der Waals surface area (Å²) in [6, 6.07) is 2.76. The van der Waals surface area contributed by atoms with Crippen LogP contribution < -0.4 is 10.6 Å². The number of pyridine rings is 1. The number of hydrogen-bond acceptors (Lipinski definition) is 4. The second kappa shape index (κ2) is 6.54. The van der Waals surface area contributed by atoms with Crippen molar-refractivity contribution in [2.24, 2.45) is 5.73 Å². The number of anilines is 1. The van der Waals surface area contributed by atoms with Crippen molar-refractivity contribution < 1.29 is 9.59 Å². The van der Waals surface area contributed by atoms with E-state index in [0.717, 1.165) is 4.90 Å². The van der Waals surface area contributed by atoms with Gasteiger partial charge in [-0.3, -0.25) is 14.6 Å². The number of rotatable bonds is 1. The number of nitrogens with zero attached hydrogens (tertiary/aromatic N) is 2. The summed E-state index contributed by atoms with van der Waals surface area (Å²) in [5, 5.41) is 0. The lowest BCUT2D eigenvalue weighted by Gasteiger charge is -2.28. The molecule has 0 radical (unpaired) electrons. The molecule has 0 bridgehead atoms. The number of carbonyl (C=O) groups is 2. The predicted molar refractivity (Wildman–Crippen MR) is 68.4 cm³/mol. The van der Waals surface area contributed by atoms with Crippen LogP contribution in [-0.4, -0.2) is 22.8 Å². The molecule has 1 aliphatic heterocycles. The maximum Gasteiger partial charge on any atom is 0.250 e. The summed E-state index contributed by atoms with van der Waals surface area (Å²) < 4.78 is 0. The van der Waals surface area contributed by atoms with Crippen LogP contribution >= 0.6 is 24.8 Å². The summed E-state index contributed by atoms with van der Waals surface area (Å²) in [6.45, 7) is 0. The van der Waals surface area contributed by atoms with Crippen molar-refractivity contribution in [2.45, 2.75) is 18.9 Å². The van der Waals surface area contributed by atoms with Crippen LogP contribution in [0.15, 0.2) is 24.5 Å². The third kappa shape index (κ3) is 3.15. The normalized spacial score (nSPS) is 19.4. The van der Waals surface area contributed by atoms with Gasteiger partial charge in [-0.25, -0.2) is 4.90 Å². The van der Waals surface area contributed by atoms with Crippen molar-refractivity contribution in [2.75, 3.05) is 4.90 Å². The van der Waals surface area contributed by atoms with Crippen LogP contribution in [0.4, 0.5) is 5.69 Å². The Morgan fingerprint density at radius 2 is 2.06 bits per heavy atom. The van der Waals surface area contributed by atoms with Crippen molar-refractivity contribution in [1.29, 1.82) is 0 Å². The number of imide groups is 1. The molecule has 5 nitrogen and oxygen atoms in total. The Hall–Kier alpha value is -1.17. The minimum absolute atomic E-state index is 0. The van der Waals surface area contributed by atoms with E-state index in [2.05, 4.69) is 4.98 Å². The Morgan fingerprint density at radius 1 is 1.35 bits per heavy atom. The summed E-state index contributed by atoms with van der Waals surface area (Å²) in [5.41, 5.74) is 6.09. The van der Waals surface area contributed by atoms with Gasteiger partial charge in [0.05, 0.1) is 17.9 Å². The third-order valence-electron chi connectivity index (χ3n) is 2.36. The lowest BCUT2D eigenvalue weighted by atomic mass is 10.0. The van der Waals surface area contributed by atoms with Gasteiger partial charge in [-0.15, -0.1) is 24.8 Å². The standard InChI is InChI=1S/C10H11N3O2.2ClH/c11-8-3-4-9(14)13(10(8)15)7-2-1-5-12-6-7;;/h1-2,5-6,8H,3-4,11H2;2*1H. The van der Waals surface area contributed by atoms with E-state index >= 15 is 0 Å². The van der Waals surface area contributed by atoms with Crippen LogP contribution in [0.2, 0.25) is 0 Å². The minimum Gasteiger partial charge on any atom is -0.320 e. The predicted octanol–water partition coefficient (Wildman–Crippen LogP) is 0.906. The summed E-state index contributed by atoms with van der Waals surface area (Å²) >= 11 is 0. The second-order valence-corrected chi connectivity index (χ2v) is 3.42. The number of halogens is 2. The lowest BCUT2D eigenvalue weighted by molar-refractivity contribution is -0.130. The van der Waals surface area contributed by atoms with Gasteiger partial charge in [-0.1, -0.05) is 0 Å². The molecule has 2 amide bonds. The quantitative estimate of drug-likeness (QED) is 0.774. The summed E-state index contributed by atoms with van der Waals surface area (Å²) in [4.78, 5) is 28.2. The largest absolute Gasteiger partial charge is 0.320 e. The Balaban J connectivity index is 0.00000128. The molecule has 1 saturated heterocycles. The van der Waals surface area contributed by atoms with E-state index in [1.807, 2.05) is 0 Å². The van der Waals surface area contributed by atoms with E-state index in [1.54, 1.807) is 18.3 Å². The smallest absolute Gasteiger partial charge is 0.250 e. The van der Waals surface area contributed by atoms with Crippen LogP contribution in [0.5, 0.6) is 0 Å². The molecular weight excluding hydrogens is 265 g/mol. The number of hydrogen-bond donors (Lipinski definition) is 1. The molecule has 2 N–H and O–H groups in total. The number of piperidine rings is 1. The van der Waals surface area contributed by atoms with Gasteiger partial charge in [-0.05, 0) is 18.6 Å². The van der Waals surface area contributed by atoms with Gasteiger partial charge >= 0.3 is 0 Å². The maximum absolute atomic E-state index is 11.7. The van der Waals surface area contributed by atoms with Gasteiger partial charge in [-0.2, -0.15) is 0 Å². The molecule has 1 aromatic heterocycles. The number of amides is 2. The van der Waals surface area contributed by atoms with E-state index in [1.165, 1.54) is 6.20 Å². The monoisotopic (exact) mass is 277 g/mol. The Morgan fingerprint density at radius 3 is 2.65 bits per heavy atom. The Bertz CT molecular complexity index is 400. The first-order valence-corrected chi connectivity index (χ1v) is 4.72. The van der Waals surface area contributed by atoms with Gasteiger partial charge < -0.3 is 5.73 Å². The summed E-state index contributed by atoms with van der Waals surface area (Å²) in [7, 11) is 0. The average Bonchev–Trinajstić information content (AvgIpc) is 2.26. The average molecular weight is 278 g/mol. The van der Waals surface area contributed by atoms with Gasteiger partial charge in [0, 0.05) is 12.6 Å². The molecule has 0 aromatic carbocycles. The first kappa shape index (κ1) is 15.8. The topological polar surface area (TPSA) is 76.3 Å². The number of nitrogens with two attached hydrogens (primary N) is 1. The number of aromatic nitrogens is 1. The zero-order valence-electron chi connectivity index (χ0n) is 8.91. The van der Waals surface area contributed by atoms with Crippen molar-refractivity contribution >= 4 is 42.3 Å². The zero-order valence-corrected chi connectivity index (χ0v) is 10.5. The van der Waals surface area contributed by atoms with E-state index in [0.29, 0.717) is 18.5 Å².